The molecule has 0 aromatic rings. The van der Waals surface area contributed by atoms with Gasteiger partial charge in [-0.05, 0) is 31.6 Å². The highest BCUT2D eigenvalue weighted by Crippen LogP contribution is 2.40. The molecule has 0 bridgehead atoms. The van der Waals surface area contributed by atoms with Crippen LogP contribution in [0.25, 0.3) is 0 Å². The summed E-state index contributed by atoms with van der Waals surface area (Å²) in [6, 6.07) is 0. The molecule has 0 aromatic carbocycles. The van der Waals surface area contributed by atoms with Crippen LogP contribution in [-0.2, 0) is 4.79 Å². The Labute approximate surface area is 66.6 Å². The number of rotatable bonds is 0. The van der Waals surface area contributed by atoms with Gasteiger partial charge in [-0.15, -0.1) is 0 Å². The van der Waals surface area contributed by atoms with Crippen molar-refractivity contribution < 1.29 is 9.90 Å². The van der Waals surface area contributed by atoms with E-state index in [0.717, 1.165) is 25.7 Å². The van der Waals surface area contributed by atoms with Crippen LogP contribution in [0.15, 0.2) is 0 Å². The number of fused-ring (bicyclic) bond motifs is 1. The molecule has 0 radical (unpaired) electrons. The number of aliphatic hydroxyl groups excluding tert-OH is 1. The fraction of sp³-hybridized carbons (Fsp3) is 0.889. The molecule has 0 spiro atoms. The number of hydrogen-bond donors (Lipinski definition) is 1. The van der Waals surface area contributed by atoms with Crippen LogP contribution in [0, 0.1) is 11.8 Å². The zero-order chi connectivity index (χ0) is 7.84. The molecular formula is C9H14O2. The molecule has 2 heteroatoms. The van der Waals surface area contributed by atoms with Crippen molar-refractivity contribution in [1.29, 1.82) is 0 Å². The summed E-state index contributed by atoms with van der Waals surface area (Å²) < 4.78 is 0. The largest absolute Gasteiger partial charge is 0.392 e. The van der Waals surface area contributed by atoms with Crippen molar-refractivity contribution in [3.05, 3.63) is 0 Å². The van der Waals surface area contributed by atoms with Gasteiger partial charge in [0.15, 0.2) is 0 Å². The number of hydrogen-bond acceptors (Lipinski definition) is 2. The van der Waals surface area contributed by atoms with Gasteiger partial charge >= 0.3 is 0 Å². The molecule has 0 heterocycles. The number of Topliss-reactive ketones (excluding diaryl/α,β-unsaturated/α-hetero) is 1. The van der Waals surface area contributed by atoms with E-state index in [4.69, 9.17) is 0 Å². The minimum absolute atomic E-state index is 0.0174. The lowest BCUT2D eigenvalue weighted by atomic mass is 9.80. The molecular weight excluding hydrogens is 140 g/mol. The van der Waals surface area contributed by atoms with Crippen molar-refractivity contribution in [2.45, 2.75) is 38.2 Å². The lowest BCUT2D eigenvalue weighted by Gasteiger charge is -2.25. The lowest BCUT2D eigenvalue weighted by molar-refractivity contribution is -0.128. The van der Waals surface area contributed by atoms with Crippen molar-refractivity contribution in [2.24, 2.45) is 11.8 Å². The quantitative estimate of drug-likeness (QED) is 0.568. The van der Waals surface area contributed by atoms with E-state index >= 15 is 0 Å². The van der Waals surface area contributed by atoms with Crippen LogP contribution < -0.4 is 0 Å². The Morgan fingerprint density at radius 2 is 2.09 bits per heavy atom. The molecule has 2 saturated carbocycles. The Morgan fingerprint density at radius 3 is 2.82 bits per heavy atom. The van der Waals surface area contributed by atoms with Gasteiger partial charge in [-0.25, -0.2) is 0 Å². The summed E-state index contributed by atoms with van der Waals surface area (Å²) in [6.07, 6.45) is 4.52. The van der Waals surface area contributed by atoms with E-state index in [1.165, 1.54) is 0 Å². The van der Waals surface area contributed by atoms with Crippen LogP contribution >= 0.6 is 0 Å². The highest BCUT2D eigenvalue weighted by atomic mass is 16.3. The molecule has 2 aliphatic carbocycles. The van der Waals surface area contributed by atoms with E-state index in [1.807, 2.05) is 0 Å². The van der Waals surface area contributed by atoms with Gasteiger partial charge in [0.25, 0.3) is 0 Å². The number of ketones is 1. The van der Waals surface area contributed by atoms with Gasteiger partial charge < -0.3 is 5.11 Å². The highest BCUT2D eigenvalue weighted by molar-refractivity contribution is 5.82. The first kappa shape index (κ1) is 7.29. The second-order valence-electron chi connectivity index (χ2n) is 3.79. The normalized spacial score (nSPS) is 44.1. The Morgan fingerprint density at radius 1 is 1.27 bits per heavy atom. The third-order valence-corrected chi connectivity index (χ3v) is 3.13. The van der Waals surface area contributed by atoms with Gasteiger partial charge in [0.2, 0.25) is 0 Å². The van der Waals surface area contributed by atoms with Gasteiger partial charge in [-0.1, -0.05) is 0 Å². The SMILES string of the molecule is O=C1CCC[C@H]2CC[C@H](O)[C@H]12. The second-order valence-corrected chi connectivity index (χ2v) is 3.79. The zero-order valence-electron chi connectivity index (χ0n) is 6.62. The summed E-state index contributed by atoms with van der Waals surface area (Å²) in [5.41, 5.74) is 0. The molecule has 0 unspecified atom stereocenters. The van der Waals surface area contributed by atoms with Crippen LogP contribution in [0.4, 0.5) is 0 Å². The Kier molecular flexibility index (Phi) is 1.72. The summed E-state index contributed by atoms with van der Waals surface area (Å²) in [6.45, 7) is 0. The molecule has 0 saturated heterocycles. The highest BCUT2D eigenvalue weighted by Gasteiger charge is 2.41. The molecule has 11 heavy (non-hydrogen) atoms. The van der Waals surface area contributed by atoms with E-state index < -0.39 is 0 Å². The van der Waals surface area contributed by atoms with Crippen molar-refractivity contribution >= 4 is 5.78 Å². The van der Waals surface area contributed by atoms with E-state index in [0.29, 0.717) is 18.1 Å². The van der Waals surface area contributed by atoms with E-state index in [2.05, 4.69) is 0 Å². The molecule has 2 aliphatic rings. The van der Waals surface area contributed by atoms with E-state index in [-0.39, 0.29) is 12.0 Å². The molecule has 2 nitrogen and oxygen atoms in total. The monoisotopic (exact) mass is 154 g/mol. The van der Waals surface area contributed by atoms with Gasteiger partial charge in [-0.3, -0.25) is 4.79 Å². The van der Waals surface area contributed by atoms with Crippen LogP contribution in [0.5, 0.6) is 0 Å². The summed E-state index contributed by atoms with van der Waals surface area (Å²) in [7, 11) is 0. The first-order valence-electron chi connectivity index (χ1n) is 4.50. The van der Waals surface area contributed by atoms with Crippen molar-refractivity contribution in [2.75, 3.05) is 0 Å². The summed E-state index contributed by atoms with van der Waals surface area (Å²) >= 11 is 0. The third kappa shape index (κ3) is 1.09. The molecule has 0 amide bonds. The fourth-order valence-corrected chi connectivity index (χ4v) is 2.56. The number of carbonyl (C=O) groups excluding carboxylic acids is 1. The number of aliphatic hydroxyl groups is 1. The molecule has 62 valence electrons. The van der Waals surface area contributed by atoms with Crippen molar-refractivity contribution in [3.63, 3.8) is 0 Å². The Bertz CT molecular complexity index is 174. The predicted octanol–water partition coefficient (Wildman–Crippen LogP) is 1.13. The maximum Gasteiger partial charge on any atom is 0.138 e. The predicted molar refractivity (Wildman–Crippen MR) is 41.1 cm³/mol. The third-order valence-electron chi connectivity index (χ3n) is 3.13. The molecule has 2 rings (SSSR count). The first-order valence-corrected chi connectivity index (χ1v) is 4.50. The Balaban J connectivity index is 2.14. The minimum Gasteiger partial charge on any atom is -0.392 e. The van der Waals surface area contributed by atoms with Gasteiger partial charge in [-0.2, -0.15) is 0 Å². The van der Waals surface area contributed by atoms with Crippen LogP contribution in [-0.4, -0.2) is 17.0 Å². The first-order chi connectivity index (χ1) is 5.29. The number of carbonyl (C=O) groups is 1. The van der Waals surface area contributed by atoms with Crippen LogP contribution in [0.1, 0.15) is 32.1 Å². The van der Waals surface area contributed by atoms with Gasteiger partial charge in [0.05, 0.1) is 6.10 Å². The molecule has 2 fully saturated rings. The van der Waals surface area contributed by atoms with Crippen molar-refractivity contribution in [1.82, 2.24) is 0 Å². The van der Waals surface area contributed by atoms with E-state index in [1.54, 1.807) is 0 Å². The molecule has 0 aliphatic heterocycles. The maximum absolute atomic E-state index is 11.3. The van der Waals surface area contributed by atoms with E-state index in [9.17, 15) is 9.90 Å². The van der Waals surface area contributed by atoms with Crippen LogP contribution in [0.2, 0.25) is 0 Å². The summed E-state index contributed by atoms with van der Waals surface area (Å²) in [5.74, 6) is 0.848. The second kappa shape index (κ2) is 2.59. The summed E-state index contributed by atoms with van der Waals surface area (Å²) in [5, 5.41) is 9.47. The average Bonchev–Trinajstić information content (AvgIpc) is 2.34. The standard InChI is InChI=1S/C9H14O2/c10-7-3-1-2-6-4-5-8(11)9(6)7/h6,8-9,11H,1-5H2/t6-,8-,9-/m0/s1. The van der Waals surface area contributed by atoms with Gasteiger partial charge in [0, 0.05) is 12.3 Å². The topological polar surface area (TPSA) is 37.3 Å². The van der Waals surface area contributed by atoms with Gasteiger partial charge in [0.1, 0.15) is 5.78 Å². The van der Waals surface area contributed by atoms with Crippen LogP contribution in [0.3, 0.4) is 0 Å². The smallest absolute Gasteiger partial charge is 0.138 e. The summed E-state index contributed by atoms with van der Waals surface area (Å²) in [4.78, 5) is 11.3. The maximum atomic E-state index is 11.3. The molecule has 3 atom stereocenters. The Hall–Kier alpha value is -0.370. The fourth-order valence-electron chi connectivity index (χ4n) is 2.56. The minimum atomic E-state index is -0.312. The van der Waals surface area contributed by atoms with Crippen molar-refractivity contribution in [3.8, 4) is 0 Å². The zero-order valence-corrected chi connectivity index (χ0v) is 6.62. The average molecular weight is 154 g/mol. The molecule has 0 aromatic heterocycles. The molecule has 1 N–H and O–H groups in total. The lowest BCUT2D eigenvalue weighted by Crippen LogP contribution is -2.31.